The lowest BCUT2D eigenvalue weighted by Crippen LogP contribution is -2.10. The highest BCUT2D eigenvalue weighted by Crippen LogP contribution is 1.93. The predicted molar refractivity (Wildman–Crippen MR) is 28.7 cm³/mol. The highest BCUT2D eigenvalue weighted by Gasteiger charge is 1.96. The molecule has 0 bridgehead atoms. The van der Waals surface area contributed by atoms with Crippen LogP contribution in [0.25, 0.3) is 0 Å². The Morgan fingerprint density at radius 3 is 3.00 bits per heavy atom. The van der Waals surface area contributed by atoms with Crippen molar-refractivity contribution < 1.29 is 0 Å². The topological polar surface area (TPSA) is 24.4 Å². The summed E-state index contributed by atoms with van der Waals surface area (Å²) in [5.41, 5.74) is 0. The minimum absolute atomic E-state index is 0.836. The van der Waals surface area contributed by atoms with E-state index in [2.05, 4.69) is 26.2 Å². The maximum absolute atomic E-state index is 3.83. The van der Waals surface area contributed by atoms with Crippen molar-refractivity contribution in [2.45, 2.75) is 0 Å². The standard InChI is InChI=1S/C3H4BrN2/c4-3-5-1-2-6-3/h1H,2H2,(H,5,6). The zero-order valence-corrected chi connectivity index (χ0v) is 4.70. The van der Waals surface area contributed by atoms with Gasteiger partial charge < -0.3 is 5.32 Å². The molecule has 0 unspecified atom stereocenters. The summed E-state index contributed by atoms with van der Waals surface area (Å²) in [5, 5.41) is 2.93. The van der Waals surface area contributed by atoms with Gasteiger partial charge in [-0.2, -0.15) is 0 Å². The Hall–Kier alpha value is -0.0500. The van der Waals surface area contributed by atoms with Crippen LogP contribution in [0.4, 0.5) is 0 Å². The van der Waals surface area contributed by atoms with Crippen LogP contribution in [0.3, 0.4) is 0 Å². The molecule has 6 heavy (non-hydrogen) atoms. The van der Waals surface area contributed by atoms with E-state index >= 15 is 0 Å². The first-order valence-corrected chi connectivity index (χ1v) is 2.48. The van der Waals surface area contributed by atoms with E-state index in [1.54, 1.807) is 0 Å². The van der Waals surface area contributed by atoms with Crippen LogP contribution in [0.5, 0.6) is 0 Å². The van der Waals surface area contributed by atoms with Gasteiger partial charge in [-0.15, -0.1) is 0 Å². The van der Waals surface area contributed by atoms with E-state index in [-0.39, 0.29) is 0 Å². The van der Waals surface area contributed by atoms with E-state index in [0.717, 1.165) is 11.3 Å². The lowest BCUT2D eigenvalue weighted by molar-refractivity contribution is 1.05. The van der Waals surface area contributed by atoms with E-state index in [1.165, 1.54) is 0 Å². The molecule has 0 aromatic rings. The van der Waals surface area contributed by atoms with Gasteiger partial charge in [-0.1, -0.05) is 0 Å². The second-order valence-electron chi connectivity index (χ2n) is 0.983. The zero-order chi connectivity index (χ0) is 4.41. The molecule has 1 aliphatic heterocycles. The molecule has 0 aromatic carbocycles. The van der Waals surface area contributed by atoms with Crippen molar-refractivity contribution in [3.05, 3.63) is 6.54 Å². The number of rotatable bonds is 0. The summed E-state index contributed by atoms with van der Waals surface area (Å²) in [5.74, 6) is 0. The first-order valence-electron chi connectivity index (χ1n) is 1.68. The molecule has 0 atom stereocenters. The third-order valence-electron chi connectivity index (χ3n) is 0.544. The zero-order valence-electron chi connectivity index (χ0n) is 3.11. The molecule has 0 amide bonds. The van der Waals surface area contributed by atoms with E-state index in [4.69, 9.17) is 0 Å². The minimum Gasteiger partial charge on any atom is -0.362 e. The van der Waals surface area contributed by atoms with Crippen LogP contribution in [0, 0.1) is 6.54 Å². The highest BCUT2D eigenvalue weighted by atomic mass is 79.9. The van der Waals surface area contributed by atoms with Gasteiger partial charge in [-0.3, -0.25) is 4.99 Å². The van der Waals surface area contributed by atoms with E-state index in [0.29, 0.717) is 0 Å². The first kappa shape index (κ1) is 4.12. The molecule has 0 aliphatic carbocycles. The van der Waals surface area contributed by atoms with Crippen molar-refractivity contribution in [2.24, 2.45) is 4.99 Å². The van der Waals surface area contributed by atoms with Gasteiger partial charge >= 0.3 is 0 Å². The molecule has 2 nitrogen and oxygen atoms in total. The molecule has 1 aliphatic rings. The van der Waals surface area contributed by atoms with Gasteiger partial charge in [-0.05, 0) is 15.9 Å². The quantitative estimate of drug-likeness (QED) is 0.497. The maximum Gasteiger partial charge on any atom is 0.166 e. The predicted octanol–water partition coefficient (Wildman–Crippen LogP) is 0.502. The fraction of sp³-hybridized carbons (Fsp3) is 0.333. The molecule has 0 fully saturated rings. The summed E-state index contributed by atoms with van der Waals surface area (Å²) in [4.78, 5) is 3.83. The van der Waals surface area contributed by atoms with Gasteiger partial charge in [-0.25, -0.2) is 0 Å². The van der Waals surface area contributed by atoms with Crippen molar-refractivity contribution in [2.75, 3.05) is 6.54 Å². The Labute approximate surface area is 44.8 Å². The van der Waals surface area contributed by atoms with E-state index in [9.17, 15) is 0 Å². The van der Waals surface area contributed by atoms with Crippen LogP contribution in [-0.2, 0) is 0 Å². The molecule has 3 heteroatoms. The van der Waals surface area contributed by atoms with E-state index < -0.39 is 0 Å². The SMILES string of the molecule is BrC1=N[CH]CN1. The third-order valence-corrected chi connectivity index (χ3v) is 1.03. The average molecular weight is 148 g/mol. The molecular formula is C3H4BrN2. The van der Waals surface area contributed by atoms with Crippen molar-refractivity contribution in [3.63, 3.8) is 0 Å². The number of nitrogens with zero attached hydrogens (tertiary/aromatic N) is 1. The molecule has 1 N–H and O–H groups in total. The third kappa shape index (κ3) is 0.712. The van der Waals surface area contributed by atoms with Crippen LogP contribution in [0.1, 0.15) is 0 Å². The number of hydrogen-bond acceptors (Lipinski definition) is 2. The van der Waals surface area contributed by atoms with Crippen LogP contribution in [-0.4, -0.2) is 11.3 Å². The number of aliphatic imine (C=N–C) groups is 1. The van der Waals surface area contributed by atoms with Gasteiger partial charge in [0.15, 0.2) is 4.74 Å². The number of amidine groups is 1. The Morgan fingerprint density at radius 1 is 2.00 bits per heavy atom. The summed E-state index contributed by atoms with van der Waals surface area (Å²) in [6, 6.07) is 0. The van der Waals surface area contributed by atoms with Gasteiger partial charge in [0.1, 0.15) is 0 Å². The lowest BCUT2D eigenvalue weighted by Gasteiger charge is -1.82. The smallest absolute Gasteiger partial charge is 0.166 e. The Bertz CT molecular complexity index is 78.9. The highest BCUT2D eigenvalue weighted by molar-refractivity contribution is 9.18. The second kappa shape index (κ2) is 1.60. The number of hydrogen-bond donors (Lipinski definition) is 1. The Balaban J connectivity index is 2.45. The van der Waals surface area contributed by atoms with Crippen LogP contribution < -0.4 is 5.32 Å². The summed E-state index contributed by atoms with van der Waals surface area (Å²) < 4.78 is 0.836. The summed E-state index contributed by atoms with van der Waals surface area (Å²) >= 11 is 3.15. The Kier molecular flexibility index (Phi) is 1.10. The molecule has 0 saturated carbocycles. The molecule has 33 valence electrons. The lowest BCUT2D eigenvalue weighted by atomic mass is 10.7. The van der Waals surface area contributed by atoms with Crippen molar-refractivity contribution >= 4 is 20.7 Å². The fourth-order valence-corrected chi connectivity index (χ4v) is 0.608. The van der Waals surface area contributed by atoms with Crippen LogP contribution in [0.15, 0.2) is 4.99 Å². The van der Waals surface area contributed by atoms with Crippen LogP contribution in [0.2, 0.25) is 0 Å². The first-order chi connectivity index (χ1) is 2.89. The summed E-state index contributed by atoms with van der Waals surface area (Å²) in [7, 11) is 0. The van der Waals surface area contributed by atoms with Crippen LogP contribution >= 0.6 is 15.9 Å². The second-order valence-corrected chi connectivity index (χ2v) is 1.73. The van der Waals surface area contributed by atoms with Gasteiger partial charge in [0.2, 0.25) is 0 Å². The average Bonchev–Trinajstić information content (AvgIpc) is 1.86. The largest absolute Gasteiger partial charge is 0.362 e. The molecule has 1 rings (SSSR count). The molecule has 1 radical (unpaired) electrons. The fourth-order valence-electron chi connectivity index (χ4n) is 0.301. The monoisotopic (exact) mass is 147 g/mol. The molecule has 0 aromatic heterocycles. The Morgan fingerprint density at radius 2 is 2.83 bits per heavy atom. The van der Waals surface area contributed by atoms with Gasteiger partial charge in [0.05, 0.1) is 6.54 Å². The van der Waals surface area contributed by atoms with Crippen molar-refractivity contribution in [3.8, 4) is 0 Å². The van der Waals surface area contributed by atoms with Crippen molar-refractivity contribution in [1.82, 2.24) is 5.32 Å². The minimum atomic E-state index is 0.836. The molecule has 0 spiro atoms. The normalized spacial score (nSPS) is 19.8. The number of nitrogens with one attached hydrogen (secondary N) is 1. The van der Waals surface area contributed by atoms with E-state index in [1.807, 2.05) is 6.54 Å². The van der Waals surface area contributed by atoms with Gasteiger partial charge in [0.25, 0.3) is 0 Å². The molecule has 0 saturated heterocycles. The van der Waals surface area contributed by atoms with Crippen molar-refractivity contribution in [1.29, 1.82) is 0 Å². The maximum atomic E-state index is 3.83. The summed E-state index contributed by atoms with van der Waals surface area (Å²) in [6.07, 6.45) is 0. The summed E-state index contributed by atoms with van der Waals surface area (Å²) in [6.45, 7) is 2.67. The number of halogens is 1. The molecular weight excluding hydrogens is 144 g/mol. The van der Waals surface area contributed by atoms with Gasteiger partial charge in [0, 0.05) is 6.54 Å². The molecule has 1 heterocycles.